The van der Waals surface area contributed by atoms with Gasteiger partial charge in [0, 0.05) is 16.9 Å². The minimum absolute atomic E-state index is 0.102. The Morgan fingerprint density at radius 2 is 1.86 bits per heavy atom. The molecular weight excluding hydrogens is 382 g/mol. The number of hydrogen-bond acceptors (Lipinski definition) is 5. The second kappa shape index (κ2) is 9.27. The van der Waals surface area contributed by atoms with Gasteiger partial charge in [-0.2, -0.15) is 0 Å². The van der Waals surface area contributed by atoms with Crippen molar-refractivity contribution >= 4 is 23.7 Å². The zero-order valence-electron chi connectivity index (χ0n) is 16.6. The Morgan fingerprint density at radius 1 is 1.07 bits per heavy atom. The van der Waals surface area contributed by atoms with Crippen molar-refractivity contribution in [1.82, 2.24) is 10.2 Å². The first kappa shape index (κ1) is 19.7. The molecule has 0 atom stereocenters. The third-order valence-electron chi connectivity index (χ3n) is 5.10. The SMILES string of the molecule is Cc1ccc(SCCCC(=O)Nc2nnc(-c3ccc4c(c3)CCCC4)o2)cc1. The molecule has 1 aliphatic carbocycles. The van der Waals surface area contributed by atoms with Crippen LogP contribution in [0.4, 0.5) is 6.01 Å². The summed E-state index contributed by atoms with van der Waals surface area (Å²) in [6.07, 6.45) is 5.94. The molecule has 3 aromatic rings. The van der Waals surface area contributed by atoms with E-state index in [9.17, 15) is 4.79 Å². The number of hydrogen-bond donors (Lipinski definition) is 1. The van der Waals surface area contributed by atoms with Crippen molar-refractivity contribution in [2.75, 3.05) is 11.1 Å². The molecule has 1 amide bonds. The highest BCUT2D eigenvalue weighted by Crippen LogP contribution is 2.27. The largest absolute Gasteiger partial charge is 0.403 e. The summed E-state index contributed by atoms with van der Waals surface area (Å²) in [5.41, 5.74) is 4.94. The van der Waals surface area contributed by atoms with E-state index >= 15 is 0 Å². The van der Waals surface area contributed by atoms with E-state index in [0.29, 0.717) is 12.3 Å². The molecule has 5 nitrogen and oxygen atoms in total. The molecule has 0 saturated carbocycles. The second-order valence-corrected chi connectivity index (χ2v) is 8.58. The average Bonchev–Trinajstić information content (AvgIpc) is 3.20. The number of rotatable bonds is 7. The molecule has 1 N–H and O–H groups in total. The first-order valence-corrected chi connectivity index (χ1v) is 11.1. The highest BCUT2D eigenvalue weighted by atomic mass is 32.2. The van der Waals surface area contributed by atoms with E-state index in [1.54, 1.807) is 11.8 Å². The predicted octanol–water partition coefficient (Wildman–Crippen LogP) is 5.43. The Bertz CT molecular complexity index is 982. The summed E-state index contributed by atoms with van der Waals surface area (Å²) in [6.45, 7) is 2.08. The predicted molar refractivity (Wildman–Crippen MR) is 116 cm³/mol. The summed E-state index contributed by atoms with van der Waals surface area (Å²) in [4.78, 5) is 13.4. The van der Waals surface area contributed by atoms with Crippen LogP contribution in [0, 0.1) is 6.92 Å². The molecule has 150 valence electrons. The number of benzene rings is 2. The highest BCUT2D eigenvalue weighted by Gasteiger charge is 2.15. The standard InChI is InChI=1S/C23H25N3O2S/c1-16-8-12-20(13-9-16)29-14-4-7-21(27)24-23-26-25-22(28-23)19-11-10-17-5-2-3-6-18(17)15-19/h8-13,15H,2-7,14H2,1H3,(H,24,26,27). The highest BCUT2D eigenvalue weighted by molar-refractivity contribution is 7.99. The summed E-state index contributed by atoms with van der Waals surface area (Å²) < 4.78 is 5.66. The molecule has 0 aliphatic heterocycles. The van der Waals surface area contributed by atoms with Crippen LogP contribution in [0.5, 0.6) is 0 Å². The third kappa shape index (κ3) is 5.26. The number of aryl methyl sites for hydroxylation is 3. The number of nitrogens with one attached hydrogen (secondary N) is 1. The molecule has 0 spiro atoms. The van der Waals surface area contributed by atoms with Gasteiger partial charge in [0.2, 0.25) is 11.8 Å². The number of fused-ring (bicyclic) bond motifs is 1. The van der Waals surface area contributed by atoms with Crippen molar-refractivity contribution in [2.24, 2.45) is 0 Å². The van der Waals surface area contributed by atoms with Crippen molar-refractivity contribution in [3.8, 4) is 11.5 Å². The normalized spacial score (nSPS) is 13.1. The second-order valence-electron chi connectivity index (χ2n) is 7.42. The first-order chi connectivity index (χ1) is 14.2. The van der Waals surface area contributed by atoms with Crippen LogP contribution in [-0.4, -0.2) is 21.9 Å². The fourth-order valence-corrected chi connectivity index (χ4v) is 4.35. The van der Waals surface area contributed by atoms with Gasteiger partial charge < -0.3 is 4.42 Å². The summed E-state index contributed by atoms with van der Waals surface area (Å²) >= 11 is 1.76. The molecule has 0 fully saturated rings. The van der Waals surface area contributed by atoms with Crippen molar-refractivity contribution < 1.29 is 9.21 Å². The minimum atomic E-state index is -0.102. The van der Waals surface area contributed by atoms with Gasteiger partial charge in [-0.05, 0) is 80.2 Å². The van der Waals surface area contributed by atoms with Crippen LogP contribution < -0.4 is 5.32 Å². The van der Waals surface area contributed by atoms with Crippen molar-refractivity contribution in [1.29, 1.82) is 0 Å². The van der Waals surface area contributed by atoms with Crippen LogP contribution in [0.3, 0.4) is 0 Å². The molecule has 29 heavy (non-hydrogen) atoms. The zero-order chi connectivity index (χ0) is 20.1. The summed E-state index contributed by atoms with van der Waals surface area (Å²) in [7, 11) is 0. The molecule has 1 aliphatic rings. The van der Waals surface area contributed by atoms with Gasteiger partial charge in [-0.3, -0.25) is 10.1 Å². The van der Waals surface area contributed by atoms with E-state index in [4.69, 9.17) is 4.42 Å². The first-order valence-electron chi connectivity index (χ1n) is 10.1. The van der Waals surface area contributed by atoms with Gasteiger partial charge in [0.15, 0.2) is 0 Å². The molecule has 0 bridgehead atoms. The van der Waals surface area contributed by atoms with E-state index in [1.807, 2.05) is 6.07 Å². The molecule has 1 aromatic heterocycles. The van der Waals surface area contributed by atoms with Gasteiger partial charge in [-0.25, -0.2) is 0 Å². The lowest BCUT2D eigenvalue weighted by Gasteiger charge is -2.15. The van der Waals surface area contributed by atoms with Crippen molar-refractivity contribution in [2.45, 2.75) is 50.3 Å². The van der Waals surface area contributed by atoms with Crippen molar-refractivity contribution in [3.63, 3.8) is 0 Å². The Morgan fingerprint density at radius 3 is 2.69 bits per heavy atom. The zero-order valence-corrected chi connectivity index (χ0v) is 17.4. The van der Waals surface area contributed by atoms with Crippen LogP contribution in [0.2, 0.25) is 0 Å². The Kier molecular flexibility index (Phi) is 6.30. The quantitative estimate of drug-likeness (QED) is 0.417. The van der Waals surface area contributed by atoms with Crippen LogP contribution in [0.1, 0.15) is 42.4 Å². The van der Waals surface area contributed by atoms with E-state index in [0.717, 1.165) is 30.6 Å². The fourth-order valence-electron chi connectivity index (χ4n) is 3.50. The molecule has 6 heteroatoms. The van der Waals surface area contributed by atoms with Crippen LogP contribution in [-0.2, 0) is 17.6 Å². The number of amides is 1. The lowest BCUT2D eigenvalue weighted by Crippen LogP contribution is -2.11. The van der Waals surface area contributed by atoms with Gasteiger partial charge in [-0.15, -0.1) is 16.9 Å². The maximum atomic E-state index is 12.2. The van der Waals surface area contributed by atoms with E-state index in [-0.39, 0.29) is 11.9 Å². The van der Waals surface area contributed by atoms with Gasteiger partial charge in [0.05, 0.1) is 0 Å². The lowest BCUT2D eigenvalue weighted by atomic mass is 9.90. The summed E-state index contributed by atoms with van der Waals surface area (Å²) in [5, 5.41) is 10.8. The molecular formula is C23H25N3O2S. The Hall–Kier alpha value is -2.60. The number of carbonyl (C=O) groups is 1. The summed E-state index contributed by atoms with van der Waals surface area (Å²) in [5.74, 6) is 1.24. The van der Waals surface area contributed by atoms with E-state index in [1.165, 1.54) is 34.4 Å². The van der Waals surface area contributed by atoms with Crippen LogP contribution in [0.15, 0.2) is 51.8 Å². The van der Waals surface area contributed by atoms with E-state index < -0.39 is 0 Å². The molecule has 0 unspecified atom stereocenters. The number of anilines is 1. The summed E-state index contributed by atoms with van der Waals surface area (Å²) in [6, 6.07) is 14.9. The average molecular weight is 408 g/mol. The number of thioether (sulfide) groups is 1. The van der Waals surface area contributed by atoms with Gasteiger partial charge in [-0.1, -0.05) is 28.9 Å². The van der Waals surface area contributed by atoms with Crippen LogP contribution in [0.25, 0.3) is 11.5 Å². The lowest BCUT2D eigenvalue weighted by molar-refractivity contribution is -0.116. The number of aromatic nitrogens is 2. The fraction of sp³-hybridized carbons (Fsp3) is 0.348. The van der Waals surface area contributed by atoms with Crippen molar-refractivity contribution in [3.05, 3.63) is 59.2 Å². The van der Waals surface area contributed by atoms with E-state index in [2.05, 4.69) is 58.8 Å². The molecule has 2 aromatic carbocycles. The number of carbonyl (C=O) groups excluding carboxylic acids is 1. The van der Waals surface area contributed by atoms with Crippen LogP contribution >= 0.6 is 11.8 Å². The Labute approximate surface area is 175 Å². The molecule has 4 rings (SSSR count). The topological polar surface area (TPSA) is 68.0 Å². The monoisotopic (exact) mass is 407 g/mol. The van der Waals surface area contributed by atoms with Gasteiger partial charge in [0.1, 0.15) is 0 Å². The number of nitrogens with zero attached hydrogens (tertiary/aromatic N) is 2. The minimum Gasteiger partial charge on any atom is -0.403 e. The smallest absolute Gasteiger partial charge is 0.322 e. The molecule has 0 saturated heterocycles. The maximum Gasteiger partial charge on any atom is 0.322 e. The third-order valence-corrected chi connectivity index (χ3v) is 6.20. The molecule has 0 radical (unpaired) electrons. The Balaban J connectivity index is 1.26. The molecule has 1 heterocycles. The van der Waals surface area contributed by atoms with Gasteiger partial charge >= 0.3 is 6.01 Å². The van der Waals surface area contributed by atoms with Gasteiger partial charge in [0.25, 0.3) is 0 Å². The maximum absolute atomic E-state index is 12.2.